The fraction of sp³-hybridized carbons (Fsp3) is 0. The Morgan fingerprint density at radius 2 is 1.67 bits per heavy atom. The second-order valence-electron chi connectivity index (χ2n) is 6.63. The molecule has 3 nitrogen and oxygen atoms in total. The maximum absolute atomic E-state index is 4.50. The van der Waals surface area contributed by atoms with Gasteiger partial charge in [0, 0.05) is 48.9 Å². The molecule has 0 radical (unpaired) electrons. The third kappa shape index (κ3) is 2.17. The summed E-state index contributed by atoms with van der Waals surface area (Å²) in [4.78, 5) is 4.29. The zero-order chi connectivity index (χ0) is 17.8. The number of fused-ring (bicyclic) bond motifs is 6. The van der Waals surface area contributed by atoms with E-state index in [1.807, 2.05) is 29.7 Å². The molecule has 4 heteroatoms. The van der Waals surface area contributed by atoms with Gasteiger partial charge in [-0.05, 0) is 47.3 Å². The molecule has 0 unspecified atom stereocenters. The zero-order valence-electron chi connectivity index (χ0n) is 14.3. The average Bonchev–Trinajstić information content (AvgIpc) is 3.10. The van der Waals surface area contributed by atoms with E-state index in [0.29, 0.717) is 0 Å². The quantitative estimate of drug-likeness (QED) is 0.326. The summed E-state index contributed by atoms with van der Waals surface area (Å²) in [6.45, 7) is 0. The molecule has 0 spiro atoms. The number of hydrogen-bond donors (Lipinski definition) is 0. The van der Waals surface area contributed by atoms with Gasteiger partial charge in [-0.2, -0.15) is 5.10 Å². The van der Waals surface area contributed by atoms with Gasteiger partial charge < -0.3 is 0 Å². The fourth-order valence-electron chi connectivity index (χ4n) is 3.85. The molecule has 126 valence electrons. The van der Waals surface area contributed by atoms with Crippen LogP contribution in [0.25, 0.3) is 53.0 Å². The highest BCUT2D eigenvalue weighted by Gasteiger charge is 2.13. The number of benzene rings is 3. The van der Waals surface area contributed by atoms with Crippen LogP contribution in [-0.4, -0.2) is 15.2 Å². The van der Waals surface area contributed by atoms with Crippen LogP contribution in [0, 0.1) is 0 Å². The van der Waals surface area contributed by atoms with Gasteiger partial charge in [-0.15, -0.1) is 16.4 Å². The summed E-state index contributed by atoms with van der Waals surface area (Å²) < 4.78 is 2.61. The van der Waals surface area contributed by atoms with E-state index >= 15 is 0 Å². The first-order chi connectivity index (χ1) is 13.4. The lowest BCUT2D eigenvalue weighted by Crippen LogP contribution is -1.89. The van der Waals surface area contributed by atoms with Gasteiger partial charge in [0.1, 0.15) is 5.52 Å². The van der Waals surface area contributed by atoms with Gasteiger partial charge in [0.2, 0.25) is 0 Å². The lowest BCUT2D eigenvalue weighted by atomic mass is 9.96. The van der Waals surface area contributed by atoms with Crippen molar-refractivity contribution in [1.82, 2.24) is 15.2 Å². The summed E-state index contributed by atoms with van der Waals surface area (Å²) >= 11 is 1.84. The molecule has 0 saturated heterocycles. The standard InChI is InChI=1S/C23H13N3S/c1-2-6-21-16(5-1)20-12-19-15(11-22(20)27-21)10-18(14-4-3-8-24-13-14)17-7-9-25-26-23(17)19/h1-13H. The Kier molecular flexibility index (Phi) is 3.04. The van der Waals surface area contributed by atoms with Crippen LogP contribution in [-0.2, 0) is 0 Å². The molecule has 0 amide bonds. The van der Waals surface area contributed by atoms with E-state index < -0.39 is 0 Å². The fourth-order valence-corrected chi connectivity index (χ4v) is 4.99. The Morgan fingerprint density at radius 3 is 2.59 bits per heavy atom. The lowest BCUT2D eigenvalue weighted by Gasteiger charge is -2.10. The van der Waals surface area contributed by atoms with E-state index in [4.69, 9.17) is 0 Å². The number of hydrogen-bond acceptors (Lipinski definition) is 4. The normalized spacial score (nSPS) is 11.7. The van der Waals surface area contributed by atoms with Crippen molar-refractivity contribution in [3.63, 3.8) is 0 Å². The van der Waals surface area contributed by atoms with Crippen molar-refractivity contribution in [2.24, 2.45) is 0 Å². The molecular formula is C23H13N3S. The Hall–Kier alpha value is -3.37. The number of thiophene rings is 1. The third-order valence-electron chi connectivity index (χ3n) is 5.09. The number of pyridine rings is 1. The predicted octanol–water partition coefficient (Wildman–Crippen LogP) is 6.21. The molecule has 0 N–H and O–H groups in total. The van der Waals surface area contributed by atoms with Crippen molar-refractivity contribution in [2.45, 2.75) is 0 Å². The second-order valence-corrected chi connectivity index (χ2v) is 7.71. The SMILES string of the molecule is c1cncc(-c2cc3cc4sc5ccccc5c4cc3c3nnccc23)c1. The summed E-state index contributed by atoms with van der Waals surface area (Å²) in [7, 11) is 0. The Morgan fingerprint density at radius 1 is 0.704 bits per heavy atom. The van der Waals surface area contributed by atoms with Gasteiger partial charge in [0.25, 0.3) is 0 Å². The Balaban J connectivity index is 1.80. The summed E-state index contributed by atoms with van der Waals surface area (Å²) in [6, 6.07) is 21.5. The topological polar surface area (TPSA) is 38.7 Å². The summed E-state index contributed by atoms with van der Waals surface area (Å²) in [5.41, 5.74) is 3.17. The van der Waals surface area contributed by atoms with E-state index in [1.54, 1.807) is 12.4 Å². The monoisotopic (exact) mass is 363 g/mol. The van der Waals surface area contributed by atoms with Crippen molar-refractivity contribution in [1.29, 1.82) is 0 Å². The average molecular weight is 363 g/mol. The molecule has 3 aromatic carbocycles. The van der Waals surface area contributed by atoms with Crippen LogP contribution in [0.15, 0.2) is 79.3 Å². The van der Waals surface area contributed by atoms with Crippen molar-refractivity contribution < 1.29 is 0 Å². The van der Waals surface area contributed by atoms with Crippen LogP contribution in [0.4, 0.5) is 0 Å². The largest absolute Gasteiger partial charge is 0.264 e. The van der Waals surface area contributed by atoms with E-state index in [0.717, 1.165) is 27.4 Å². The summed E-state index contributed by atoms with van der Waals surface area (Å²) in [5.74, 6) is 0. The van der Waals surface area contributed by atoms with Crippen LogP contribution in [0.2, 0.25) is 0 Å². The highest BCUT2D eigenvalue weighted by molar-refractivity contribution is 7.25. The maximum Gasteiger partial charge on any atom is 0.101 e. The predicted molar refractivity (Wildman–Crippen MR) is 113 cm³/mol. The molecule has 6 aromatic rings. The summed E-state index contributed by atoms with van der Waals surface area (Å²) in [6.07, 6.45) is 5.46. The minimum Gasteiger partial charge on any atom is -0.264 e. The third-order valence-corrected chi connectivity index (χ3v) is 6.22. The molecule has 27 heavy (non-hydrogen) atoms. The lowest BCUT2D eigenvalue weighted by molar-refractivity contribution is 1.08. The zero-order valence-corrected chi connectivity index (χ0v) is 15.1. The van der Waals surface area contributed by atoms with Crippen LogP contribution in [0.5, 0.6) is 0 Å². The summed E-state index contributed by atoms with van der Waals surface area (Å²) in [5, 5.41) is 14.7. The van der Waals surface area contributed by atoms with Gasteiger partial charge in [0.05, 0.1) is 6.20 Å². The van der Waals surface area contributed by atoms with Gasteiger partial charge in [-0.1, -0.05) is 24.3 Å². The molecule has 0 atom stereocenters. The molecule has 0 aliphatic carbocycles. The molecule has 6 rings (SSSR count). The molecule has 0 saturated carbocycles. The highest BCUT2D eigenvalue weighted by atomic mass is 32.1. The van der Waals surface area contributed by atoms with Crippen molar-refractivity contribution in [3.05, 3.63) is 79.3 Å². The van der Waals surface area contributed by atoms with E-state index in [1.165, 1.54) is 25.6 Å². The van der Waals surface area contributed by atoms with Gasteiger partial charge in [0.15, 0.2) is 0 Å². The van der Waals surface area contributed by atoms with Crippen molar-refractivity contribution in [3.8, 4) is 11.1 Å². The van der Waals surface area contributed by atoms with E-state index in [9.17, 15) is 0 Å². The first-order valence-corrected chi connectivity index (χ1v) is 9.60. The number of nitrogens with zero attached hydrogens (tertiary/aromatic N) is 3. The first kappa shape index (κ1) is 14.8. The number of rotatable bonds is 1. The number of aromatic nitrogens is 3. The van der Waals surface area contributed by atoms with E-state index in [-0.39, 0.29) is 0 Å². The molecule has 0 aliphatic rings. The Bertz CT molecular complexity index is 1470. The first-order valence-electron chi connectivity index (χ1n) is 8.78. The van der Waals surface area contributed by atoms with Crippen LogP contribution < -0.4 is 0 Å². The second kappa shape index (κ2) is 5.56. The Labute approximate surface area is 158 Å². The highest BCUT2D eigenvalue weighted by Crippen LogP contribution is 2.40. The van der Waals surface area contributed by atoms with Crippen molar-refractivity contribution >= 4 is 53.2 Å². The molecule has 0 bridgehead atoms. The van der Waals surface area contributed by atoms with E-state index in [2.05, 4.69) is 63.7 Å². The van der Waals surface area contributed by atoms with Gasteiger partial charge in [-0.25, -0.2) is 0 Å². The smallest absolute Gasteiger partial charge is 0.101 e. The minimum absolute atomic E-state index is 0.936. The molecule has 0 aliphatic heterocycles. The minimum atomic E-state index is 0.936. The molecule has 3 aromatic heterocycles. The van der Waals surface area contributed by atoms with Crippen molar-refractivity contribution in [2.75, 3.05) is 0 Å². The van der Waals surface area contributed by atoms with Crippen LogP contribution >= 0.6 is 11.3 Å². The molecule has 3 heterocycles. The molecular weight excluding hydrogens is 350 g/mol. The van der Waals surface area contributed by atoms with Gasteiger partial charge >= 0.3 is 0 Å². The van der Waals surface area contributed by atoms with Crippen LogP contribution in [0.1, 0.15) is 0 Å². The van der Waals surface area contributed by atoms with Gasteiger partial charge in [-0.3, -0.25) is 4.98 Å². The molecule has 0 fully saturated rings. The maximum atomic E-state index is 4.50. The van der Waals surface area contributed by atoms with Crippen LogP contribution in [0.3, 0.4) is 0 Å².